The number of hydrogen-bond acceptors (Lipinski definition) is 2. The third-order valence-electron chi connectivity index (χ3n) is 4.18. The van der Waals surface area contributed by atoms with E-state index in [1.54, 1.807) is 7.11 Å². The van der Waals surface area contributed by atoms with E-state index in [-0.39, 0.29) is 0 Å². The molecule has 1 unspecified atom stereocenters. The van der Waals surface area contributed by atoms with Gasteiger partial charge in [0.05, 0.1) is 13.2 Å². The lowest BCUT2D eigenvalue weighted by Crippen LogP contribution is -2.17. The van der Waals surface area contributed by atoms with Crippen molar-refractivity contribution in [3.8, 4) is 5.75 Å². The van der Waals surface area contributed by atoms with Crippen LogP contribution in [0, 0.1) is 10.5 Å². The molecule has 1 atom stereocenters. The first-order valence-electron chi connectivity index (χ1n) is 7.37. The Morgan fingerprint density at radius 1 is 1.19 bits per heavy atom. The molecule has 21 heavy (non-hydrogen) atoms. The van der Waals surface area contributed by atoms with Crippen LogP contribution in [0.25, 0.3) is 0 Å². The van der Waals surface area contributed by atoms with Gasteiger partial charge < -0.3 is 10.1 Å². The molecule has 2 aromatic rings. The summed E-state index contributed by atoms with van der Waals surface area (Å²) in [5.74, 6) is 0.958. The van der Waals surface area contributed by atoms with Crippen molar-refractivity contribution in [2.24, 2.45) is 0 Å². The molecule has 0 heterocycles. The molecule has 3 rings (SSSR count). The van der Waals surface area contributed by atoms with Gasteiger partial charge in [0.25, 0.3) is 0 Å². The van der Waals surface area contributed by atoms with Crippen LogP contribution >= 0.6 is 22.6 Å². The van der Waals surface area contributed by atoms with Gasteiger partial charge in [0.2, 0.25) is 0 Å². The van der Waals surface area contributed by atoms with Crippen molar-refractivity contribution in [1.82, 2.24) is 0 Å². The van der Waals surface area contributed by atoms with E-state index < -0.39 is 0 Å². The number of anilines is 1. The first-order chi connectivity index (χ1) is 10.2. The lowest BCUT2D eigenvalue weighted by Gasteiger charge is -2.28. The first-order valence-corrected chi connectivity index (χ1v) is 8.45. The van der Waals surface area contributed by atoms with Crippen LogP contribution in [0.3, 0.4) is 0 Å². The second kappa shape index (κ2) is 6.26. The molecule has 1 N–H and O–H groups in total. The monoisotopic (exact) mass is 393 g/mol. The number of fused-ring (bicyclic) bond motifs is 1. The van der Waals surface area contributed by atoms with Crippen LogP contribution in [0.15, 0.2) is 36.4 Å². The van der Waals surface area contributed by atoms with E-state index in [1.807, 2.05) is 0 Å². The number of halogens is 1. The largest absolute Gasteiger partial charge is 0.497 e. The maximum absolute atomic E-state index is 5.34. The zero-order chi connectivity index (χ0) is 14.8. The maximum Gasteiger partial charge on any atom is 0.119 e. The predicted molar refractivity (Wildman–Crippen MR) is 96.2 cm³/mol. The molecule has 1 aliphatic rings. The number of aryl methyl sites for hydroxylation is 2. The molecule has 3 heteroatoms. The SMILES string of the molecule is COc1ccc2c(c1)CCCC2Nc1ccc(C)c(I)c1. The number of hydrogen-bond donors (Lipinski definition) is 1. The smallest absolute Gasteiger partial charge is 0.119 e. The fourth-order valence-electron chi connectivity index (χ4n) is 2.95. The van der Waals surface area contributed by atoms with Gasteiger partial charge in [-0.1, -0.05) is 12.1 Å². The normalized spacial score (nSPS) is 17.2. The van der Waals surface area contributed by atoms with Gasteiger partial charge in [-0.25, -0.2) is 0 Å². The minimum atomic E-state index is 0.401. The summed E-state index contributed by atoms with van der Waals surface area (Å²) in [6.45, 7) is 2.15. The standard InChI is InChI=1S/C18H20INO/c1-12-6-7-14(11-17(12)19)20-18-5-3-4-13-10-15(21-2)8-9-16(13)18/h6-11,18,20H,3-5H2,1-2H3. The zero-order valence-electron chi connectivity index (χ0n) is 12.4. The van der Waals surface area contributed by atoms with Gasteiger partial charge in [0.15, 0.2) is 0 Å². The van der Waals surface area contributed by atoms with Gasteiger partial charge in [-0.15, -0.1) is 0 Å². The predicted octanol–water partition coefficient (Wildman–Crippen LogP) is 5.10. The van der Waals surface area contributed by atoms with Gasteiger partial charge >= 0.3 is 0 Å². The zero-order valence-corrected chi connectivity index (χ0v) is 14.6. The molecular formula is C18H20INO. The number of ether oxygens (including phenoxy) is 1. The Labute approximate surface area is 140 Å². The van der Waals surface area contributed by atoms with E-state index in [4.69, 9.17) is 4.74 Å². The fraction of sp³-hybridized carbons (Fsp3) is 0.333. The van der Waals surface area contributed by atoms with Crippen molar-refractivity contribution in [2.75, 3.05) is 12.4 Å². The third kappa shape index (κ3) is 3.18. The second-order valence-corrected chi connectivity index (χ2v) is 6.78. The van der Waals surface area contributed by atoms with Crippen molar-refractivity contribution in [3.63, 3.8) is 0 Å². The van der Waals surface area contributed by atoms with E-state index in [9.17, 15) is 0 Å². The van der Waals surface area contributed by atoms with E-state index >= 15 is 0 Å². The highest BCUT2D eigenvalue weighted by atomic mass is 127. The van der Waals surface area contributed by atoms with Gasteiger partial charge in [-0.05, 0) is 89.7 Å². The Kier molecular flexibility index (Phi) is 4.38. The lowest BCUT2D eigenvalue weighted by molar-refractivity contribution is 0.413. The second-order valence-electron chi connectivity index (χ2n) is 5.62. The molecule has 0 spiro atoms. The summed E-state index contributed by atoms with van der Waals surface area (Å²) >= 11 is 2.40. The van der Waals surface area contributed by atoms with Crippen molar-refractivity contribution in [1.29, 1.82) is 0 Å². The summed E-state index contributed by atoms with van der Waals surface area (Å²) in [6.07, 6.45) is 3.56. The van der Waals surface area contributed by atoms with Crippen LogP contribution in [0.5, 0.6) is 5.75 Å². The molecule has 0 radical (unpaired) electrons. The van der Waals surface area contributed by atoms with Crippen LogP contribution in [0.4, 0.5) is 5.69 Å². The Morgan fingerprint density at radius 2 is 2.05 bits per heavy atom. The highest BCUT2D eigenvalue weighted by Gasteiger charge is 2.20. The number of nitrogens with one attached hydrogen (secondary N) is 1. The summed E-state index contributed by atoms with van der Waals surface area (Å²) in [5, 5.41) is 3.70. The molecule has 0 amide bonds. The summed E-state index contributed by atoms with van der Waals surface area (Å²) in [7, 11) is 1.73. The van der Waals surface area contributed by atoms with E-state index in [1.165, 1.54) is 38.8 Å². The van der Waals surface area contributed by atoms with Gasteiger partial charge in [0, 0.05) is 9.26 Å². The highest BCUT2D eigenvalue weighted by molar-refractivity contribution is 14.1. The number of rotatable bonds is 3. The Morgan fingerprint density at radius 3 is 2.81 bits per heavy atom. The molecule has 110 valence electrons. The molecule has 2 aromatic carbocycles. The van der Waals surface area contributed by atoms with E-state index in [2.05, 4.69) is 71.2 Å². The lowest BCUT2D eigenvalue weighted by atomic mass is 9.87. The fourth-order valence-corrected chi connectivity index (χ4v) is 3.47. The van der Waals surface area contributed by atoms with Gasteiger partial charge in [-0.3, -0.25) is 0 Å². The molecule has 0 bridgehead atoms. The summed E-state index contributed by atoms with van der Waals surface area (Å²) in [4.78, 5) is 0. The molecule has 2 nitrogen and oxygen atoms in total. The summed E-state index contributed by atoms with van der Waals surface area (Å²) in [6, 6.07) is 13.5. The molecule has 0 saturated heterocycles. The van der Waals surface area contributed by atoms with Gasteiger partial charge in [0.1, 0.15) is 5.75 Å². The van der Waals surface area contributed by atoms with Crippen LogP contribution in [0.2, 0.25) is 0 Å². The molecule has 1 aliphatic carbocycles. The maximum atomic E-state index is 5.34. The Hall–Kier alpha value is -1.23. The molecule has 0 aromatic heterocycles. The van der Waals surface area contributed by atoms with Crippen molar-refractivity contribution in [3.05, 3.63) is 56.7 Å². The van der Waals surface area contributed by atoms with E-state index in [0.29, 0.717) is 6.04 Å². The third-order valence-corrected chi connectivity index (χ3v) is 5.34. The Balaban J connectivity index is 1.86. The average molecular weight is 393 g/mol. The van der Waals surface area contributed by atoms with E-state index in [0.717, 1.165) is 12.2 Å². The average Bonchev–Trinajstić information content (AvgIpc) is 2.50. The minimum Gasteiger partial charge on any atom is -0.497 e. The minimum absolute atomic E-state index is 0.401. The molecule has 0 aliphatic heterocycles. The van der Waals surface area contributed by atoms with Crippen molar-refractivity contribution < 1.29 is 4.74 Å². The number of methoxy groups -OCH3 is 1. The van der Waals surface area contributed by atoms with Crippen molar-refractivity contribution >= 4 is 28.3 Å². The summed E-state index contributed by atoms with van der Waals surface area (Å²) in [5.41, 5.74) is 5.37. The van der Waals surface area contributed by atoms with Crippen LogP contribution in [-0.2, 0) is 6.42 Å². The quantitative estimate of drug-likeness (QED) is 0.733. The molecular weight excluding hydrogens is 373 g/mol. The Bertz CT molecular complexity index is 654. The topological polar surface area (TPSA) is 21.3 Å². The molecule has 0 fully saturated rings. The van der Waals surface area contributed by atoms with Crippen LogP contribution in [0.1, 0.15) is 35.6 Å². The molecule has 0 saturated carbocycles. The summed E-state index contributed by atoms with van der Waals surface area (Å²) < 4.78 is 6.65. The van der Waals surface area contributed by atoms with Crippen molar-refractivity contribution in [2.45, 2.75) is 32.2 Å². The van der Waals surface area contributed by atoms with Crippen LogP contribution < -0.4 is 10.1 Å². The first kappa shape index (κ1) is 14.7. The van der Waals surface area contributed by atoms with Gasteiger partial charge in [-0.2, -0.15) is 0 Å². The highest BCUT2D eigenvalue weighted by Crippen LogP contribution is 2.34. The van der Waals surface area contributed by atoms with Crippen LogP contribution in [-0.4, -0.2) is 7.11 Å². The number of benzene rings is 2.